The molecule has 23 heavy (non-hydrogen) atoms. The van der Waals surface area contributed by atoms with Gasteiger partial charge in [0.05, 0.1) is 0 Å². The Kier molecular flexibility index (Phi) is 4.65. The van der Waals surface area contributed by atoms with Crippen LogP contribution in [0.1, 0.15) is 30.0 Å². The zero-order valence-corrected chi connectivity index (χ0v) is 13.9. The summed E-state index contributed by atoms with van der Waals surface area (Å²) in [5.74, 6) is 0.0957. The van der Waals surface area contributed by atoms with Crippen molar-refractivity contribution < 1.29 is 4.79 Å². The first-order valence-electron chi connectivity index (χ1n) is 8.40. The minimum Gasteiger partial charge on any atom is -0.370 e. The molecule has 3 rings (SSSR count). The number of nitrogens with zero attached hydrogens (tertiary/aromatic N) is 1. The molecule has 2 aromatic carbocycles. The van der Waals surface area contributed by atoms with Crippen molar-refractivity contribution in [2.75, 3.05) is 23.3 Å². The van der Waals surface area contributed by atoms with Gasteiger partial charge in [-0.2, -0.15) is 0 Å². The Morgan fingerprint density at radius 1 is 1.17 bits per heavy atom. The largest absolute Gasteiger partial charge is 0.370 e. The number of hydrogen-bond donors (Lipinski definition) is 1. The zero-order chi connectivity index (χ0) is 16.2. The van der Waals surface area contributed by atoms with Crippen LogP contribution in [-0.2, 0) is 17.6 Å². The van der Waals surface area contributed by atoms with Crippen LogP contribution in [0.2, 0.25) is 0 Å². The average molecular weight is 308 g/mol. The standard InChI is InChI=1S/C20H24N2O/c1-3-16-9-6-7-15(2)20(16)21-19(23)12-14-22-13-11-17-8-4-5-10-18(17)22/h4-10H,3,11-14H2,1-2H3,(H,21,23). The van der Waals surface area contributed by atoms with Crippen molar-refractivity contribution in [2.45, 2.75) is 33.1 Å². The first kappa shape index (κ1) is 15.6. The summed E-state index contributed by atoms with van der Waals surface area (Å²) in [5, 5.41) is 3.11. The van der Waals surface area contributed by atoms with Crippen LogP contribution in [0.3, 0.4) is 0 Å². The highest BCUT2D eigenvalue weighted by Crippen LogP contribution is 2.27. The Morgan fingerprint density at radius 3 is 2.83 bits per heavy atom. The SMILES string of the molecule is CCc1cccc(C)c1NC(=O)CCN1CCc2ccccc21. The van der Waals surface area contributed by atoms with E-state index in [-0.39, 0.29) is 5.91 Å². The van der Waals surface area contributed by atoms with E-state index in [9.17, 15) is 4.79 Å². The summed E-state index contributed by atoms with van der Waals surface area (Å²) >= 11 is 0. The maximum absolute atomic E-state index is 12.4. The smallest absolute Gasteiger partial charge is 0.226 e. The molecular weight excluding hydrogens is 284 g/mol. The second-order valence-corrected chi connectivity index (χ2v) is 6.13. The van der Waals surface area contributed by atoms with Gasteiger partial charge >= 0.3 is 0 Å². The quantitative estimate of drug-likeness (QED) is 0.907. The summed E-state index contributed by atoms with van der Waals surface area (Å²) in [7, 11) is 0. The van der Waals surface area contributed by atoms with Gasteiger partial charge in [0, 0.05) is 30.9 Å². The van der Waals surface area contributed by atoms with Crippen molar-refractivity contribution in [3.05, 3.63) is 59.2 Å². The zero-order valence-electron chi connectivity index (χ0n) is 13.9. The molecule has 1 heterocycles. The fourth-order valence-corrected chi connectivity index (χ4v) is 3.28. The van der Waals surface area contributed by atoms with E-state index in [4.69, 9.17) is 0 Å². The van der Waals surface area contributed by atoms with Gasteiger partial charge in [-0.15, -0.1) is 0 Å². The summed E-state index contributed by atoms with van der Waals surface area (Å²) in [6, 6.07) is 14.7. The van der Waals surface area contributed by atoms with Crippen LogP contribution in [0, 0.1) is 6.92 Å². The molecule has 0 aliphatic carbocycles. The predicted molar refractivity (Wildman–Crippen MR) is 96.2 cm³/mol. The number of carbonyl (C=O) groups is 1. The molecule has 1 aliphatic heterocycles. The molecule has 0 atom stereocenters. The number of carbonyl (C=O) groups excluding carboxylic acids is 1. The van der Waals surface area contributed by atoms with Gasteiger partial charge in [-0.25, -0.2) is 0 Å². The molecular formula is C20H24N2O. The molecule has 120 valence electrons. The van der Waals surface area contributed by atoms with Crippen molar-refractivity contribution in [1.29, 1.82) is 0 Å². The van der Waals surface area contributed by atoms with E-state index in [0.717, 1.165) is 37.2 Å². The number of para-hydroxylation sites is 2. The molecule has 0 unspecified atom stereocenters. The van der Waals surface area contributed by atoms with E-state index in [1.807, 2.05) is 19.1 Å². The van der Waals surface area contributed by atoms with Gasteiger partial charge in [0.25, 0.3) is 0 Å². The minimum absolute atomic E-state index is 0.0957. The van der Waals surface area contributed by atoms with Crippen molar-refractivity contribution in [3.8, 4) is 0 Å². The van der Waals surface area contributed by atoms with E-state index in [2.05, 4.69) is 47.5 Å². The third-order valence-corrected chi connectivity index (χ3v) is 4.60. The molecule has 0 radical (unpaired) electrons. The van der Waals surface area contributed by atoms with E-state index >= 15 is 0 Å². The lowest BCUT2D eigenvalue weighted by molar-refractivity contribution is -0.116. The molecule has 1 amide bonds. The highest BCUT2D eigenvalue weighted by molar-refractivity contribution is 5.92. The van der Waals surface area contributed by atoms with Gasteiger partial charge in [-0.05, 0) is 42.5 Å². The number of benzene rings is 2. The Balaban J connectivity index is 1.61. The number of anilines is 2. The molecule has 1 N–H and O–H groups in total. The summed E-state index contributed by atoms with van der Waals surface area (Å²) in [4.78, 5) is 14.7. The fourth-order valence-electron chi connectivity index (χ4n) is 3.28. The molecule has 0 spiro atoms. The Hall–Kier alpha value is -2.29. The second kappa shape index (κ2) is 6.86. The van der Waals surface area contributed by atoms with Crippen molar-refractivity contribution >= 4 is 17.3 Å². The molecule has 1 aliphatic rings. The van der Waals surface area contributed by atoms with Crippen molar-refractivity contribution in [3.63, 3.8) is 0 Å². The van der Waals surface area contributed by atoms with Crippen LogP contribution in [0.15, 0.2) is 42.5 Å². The van der Waals surface area contributed by atoms with E-state index in [1.54, 1.807) is 0 Å². The van der Waals surface area contributed by atoms with Gasteiger partial charge < -0.3 is 10.2 Å². The molecule has 0 saturated carbocycles. The third kappa shape index (κ3) is 3.39. The molecule has 0 fully saturated rings. The number of amides is 1. The monoisotopic (exact) mass is 308 g/mol. The number of nitrogens with one attached hydrogen (secondary N) is 1. The lowest BCUT2D eigenvalue weighted by Gasteiger charge is -2.19. The number of rotatable bonds is 5. The second-order valence-electron chi connectivity index (χ2n) is 6.13. The summed E-state index contributed by atoms with van der Waals surface area (Å²) < 4.78 is 0. The minimum atomic E-state index is 0.0957. The van der Waals surface area contributed by atoms with Gasteiger partial charge in [-0.3, -0.25) is 4.79 Å². The number of aryl methyl sites for hydroxylation is 2. The molecule has 3 heteroatoms. The van der Waals surface area contributed by atoms with E-state index in [1.165, 1.54) is 16.8 Å². The lowest BCUT2D eigenvalue weighted by Crippen LogP contribution is -2.26. The van der Waals surface area contributed by atoms with Crippen LogP contribution in [0.25, 0.3) is 0 Å². The Morgan fingerprint density at radius 2 is 2.00 bits per heavy atom. The predicted octanol–water partition coefficient (Wildman–Crippen LogP) is 3.95. The summed E-state index contributed by atoms with van der Waals surface area (Å²) in [6.07, 6.45) is 2.53. The normalized spacial score (nSPS) is 13.0. The molecule has 0 bridgehead atoms. The summed E-state index contributed by atoms with van der Waals surface area (Å²) in [5.41, 5.74) is 5.99. The van der Waals surface area contributed by atoms with E-state index < -0.39 is 0 Å². The lowest BCUT2D eigenvalue weighted by atomic mass is 10.1. The Bertz CT molecular complexity index is 709. The van der Waals surface area contributed by atoms with Gasteiger partial charge in [0.15, 0.2) is 0 Å². The topological polar surface area (TPSA) is 32.3 Å². The van der Waals surface area contributed by atoms with E-state index in [0.29, 0.717) is 6.42 Å². The summed E-state index contributed by atoms with van der Waals surface area (Å²) in [6.45, 7) is 5.95. The fraction of sp³-hybridized carbons (Fsp3) is 0.350. The highest BCUT2D eigenvalue weighted by Gasteiger charge is 2.19. The molecule has 3 nitrogen and oxygen atoms in total. The first-order valence-corrected chi connectivity index (χ1v) is 8.40. The van der Waals surface area contributed by atoms with Gasteiger partial charge in [-0.1, -0.05) is 43.3 Å². The van der Waals surface area contributed by atoms with Gasteiger partial charge in [0.2, 0.25) is 5.91 Å². The van der Waals surface area contributed by atoms with Crippen LogP contribution in [0.5, 0.6) is 0 Å². The molecule has 0 aromatic heterocycles. The maximum atomic E-state index is 12.4. The number of fused-ring (bicyclic) bond motifs is 1. The molecule has 0 saturated heterocycles. The Labute approximate surface area is 138 Å². The van der Waals surface area contributed by atoms with Crippen LogP contribution in [0.4, 0.5) is 11.4 Å². The van der Waals surface area contributed by atoms with Gasteiger partial charge in [0.1, 0.15) is 0 Å². The first-order chi connectivity index (χ1) is 11.2. The average Bonchev–Trinajstić information content (AvgIpc) is 2.98. The van der Waals surface area contributed by atoms with Crippen LogP contribution < -0.4 is 10.2 Å². The maximum Gasteiger partial charge on any atom is 0.226 e. The van der Waals surface area contributed by atoms with Crippen molar-refractivity contribution in [2.24, 2.45) is 0 Å². The highest BCUT2D eigenvalue weighted by atomic mass is 16.1. The number of hydrogen-bond acceptors (Lipinski definition) is 2. The molecule has 2 aromatic rings. The third-order valence-electron chi connectivity index (χ3n) is 4.60. The van der Waals surface area contributed by atoms with Crippen LogP contribution >= 0.6 is 0 Å². The van der Waals surface area contributed by atoms with Crippen molar-refractivity contribution in [1.82, 2.24) is 0 Å². The van der Waals surface area contributed by atoms with Crippen LogP contribution in [-0.4, -0.2) is 19.0 Å².